The second-order valence-corrected chi connectivity index (χ2v) is 5.85. The molecule has 2 N–H and O–H groups in total. The van der Waals surface area contributed by atoms with E-state index in [2.05, 4.69) is 19.2 Å². The van der Waals surface area contributed by atoms with Gasteiger partial charge >= 0.3 is 6.03 Å². The van der Waals surface area contributed by atoms with Crippen LogP contribution in [0.3, 0.4) is 0 Å². The Hall–Kier alpha value is -1.75. The van der Waals surface area contributed by atoms with E-state index < -0.39 is 0 Å². The fourth-order valence-electron chi connectivity index (χ4n) is 2.17. The second kappa shape index (κ2) is 6.80. The number of hydrogen-bond acceptors (Lipinski definition) is 3. The van der Waals surface area contributed by atoms with E-state index in [1.54, 1.807) is 4.90 Å². The summed E-state index contributed by atoms with van der Waals surface area (Å²) in [4.78, 5) is 14.1. The first-order valence-corrected chi connectivity index (χ1v) is 7.42. The van der Waals surface area contributed by atoms with Crippen molar-refractivity contribution >= 4 is 6.03 Å². The van der Waals surface area contributed by atoms with E-state index in [0.717, 1.165) is 16.9 Å². The SMILES string of the molecule is CC(C)C(C)NC(=O)N1CCOc2ccc(CO)cc2C1. The monoisotopic (exact) mass is 292 g/mol. The van der Waals surface area contributed by atoms with Gasteiger partial charge in [-0.3, -0.25) is 0 Å². The van der Waals surface area contributed by atoms with Crippen molar-refractivity contribution in [3.05, 3.63) is 29.3 Å². The van der Waals surface area contributed by atoms with Crippen molar-refractivity contribution < 1.29 is 14.6 Å². The zero-order valence-electron chi connectivity index (χ0n) is 12.9. The van der Waals surface area contributed by atoms with Crippen LogP contribution in [0.15, 0.2) is 18.2 Å². The molecule has 5 nitrogen and oxygen atoms in total. The van der Waals surface area contributed by atoms with Crippen molar-refractivity contribution in [1.82, 2.24) is 10.2 Å². The summed E-state index contributed by atoms with van der Waals surface area (Å²) in [6.07, 6.45) is 0. The molecule has 21 heavy (non-hydrogen) atoms. The number of carbonyl (C=O) groups excluding carboxylic acids is 1. The predicted octanol–water partition coefficient (Wildman–Crippen LogP) is 2.13. The molecule has 1 aliphatic heterocycles. The number of nitrogens with one attached hydrogen (secondary N) is 1. The molecule has 1 aromatic carbocycles. The lowest BCUT2D eigenvalue weighted by molar-refractivity contribution is 0.182. The summed E-state index contributed by atoms with van der Waals surface area (Å²) in [6, 6.07) is 5.66. The number of rotatable bonds is 3. The van der Waals surface area contributed by atoms with Crippen molar-refractivity contribution in [3.63, 3.8) is 0 Å². The maximum absolute atomic E-state index is 12.3. The standard InChI is InChI=1S/C16H24N2O3/c1-11(2)12(3)17-16(20)18-6-7-21-15-5-4-13(10-19)8-14(15)9-18/h4-5,8,11-12,19H,6-7,9-10H2,1-3H3,(H,17,20). The van der Waals surface area contributed by atoms with Crippen molar-refractivity contribution in [2.45, 2.75) is 40.0 Å². The van der Waals surface area contributed by atoms with Crippen LogP contribution < -0.4 is 10.1 Å². The Morgan fingerprint density at radius 2 is 2.19 bits per heavy atom. The van der Waals surface area contributed by atoms with Gasteiger partial charge in [0.15, 0.2) is 0 Å². The number of urea groups is 1. The minimum absolute atomic E-state index is 0.0101. The van der Waals surface area contributed by atoms with Crippen LogP contribution in [-0.4, -0.2) is 35.2 Å². The molecule has 0 saturated carbocycles. The molecule has 0 fully saturated rings. The van der Waals surface area contributed by atoms with E-state index in [9.17, 15) is 9.90 Å². The number of carbonyl (C=O) groups is 1. The molecule has 116 valence electrons. The lowest BCUT2D eigenvalue weighted by Crippen LogP contribution is -2.45. The summed E-state index contributed by atoms with van der Waals surface area (Å²) >= 11 is 0. The van der Waals surface area contributed by atoms with E-state index in [-0.39, 0.29) is 18.7 Å². The Labute approximate surface area is 125 Å². The van der Waals surface area contributed by atoms with Gasteiger partial charge in [-0.1, -0.05) is 19.9 Å². The third kappa shape index (κ3) is 3.88. The lowest BCUT2D eigenvalue weighted by atomic mass is 10.1. The van der Waals surface area contributed by atoms with Crippen LogP contribution in [0.4, 0.5) is 4.79 Å². The van der Waals surface area contributed by atoms with Gasteiger partial charge in [0.25, 0.3) is 0 Å². The molecule has 1 aliphatic rings. The van der Waals surface area contributed by atoms with Gasteiger partial charge in [-0.15, -0.1) is 0 Å². The highest BCUT2D eigenvalue weighted by molar-refractivity contribution is 5.74. The zero-order valence-corrected chi connectivity index (χ0v) is 12.9. The molecule has 5 heteroatoms. The number of amides is 2. The topological polar surface area (TPSA) is 61.8 Å². The van der Waals surface area contributed by atoms with Crippen LogP contribution in [0.2, 0.25) is 0 Å². The van der Waals surface area contributed by atoms with E-state index in [1.807, 2.05) is 25.1 Å². The highest BCUT2D eigenvalue weighted by atomic mass is 16.5. The maximum atomic E-state index is 12.3. The van der Waals surface area contributed by atoms with Crippen LogP contribution in [0, 0.1) is 5.92 Å². The van der Waals surface area contributed by atoms with Crippen molar-refractivity contribution in [3.8, 4) is 5.75 Å². The number of hydrogen-bond donors (Lipinski definition) is 2. The maximum Gasteiger partial charge on any atom is 0.318 e. The molecule has 1 aromatic rings. The Balaban J connectivity index is 2.10. The Bertz CT molecular complexity index is 502. The Kier molecular flexibility index (Phi) is 5.07. The molecular formula is C16H24N2O3. The summed E-state index contributed by atoms with van der Waals surface area (Å²) in [6.45, 7) is 7.70. The van der Waals surface area contributed by atoms with Gasteiger partial charge in [-0.05, 0) is 30.5 Å². The van der Waals surface area contributed by atoms with E-state index in [4.69, 9.17) is 4.74 Å². The van der Waals surface area contributed by atoms with Gasteiger partial charge in [0.1, 0.15) is 12.4 Å². The van der Waals surface area contributed by atoms with E-state index in [1.165, 1.54) is 0 Å². The van der Waals surface area contributed by atoms with E-state index >= 15 is 0 Å². The highest BCUT2D eigenvalue weighted by Gasteiger charge is 2.21. The molecule has 0 bridgehead atoms. The fraction of sp³-hybridized carbons (Fsp3) is 0.562. The predicted molar refractivity (Wildman–Crippen MR) is 81.1 cm³/mol. The van der Waals surface area contributed by atoms with Gasteiger partial charge in [0, 0.05) is 11.6 Å². The summed E-state index contributed by atoms with van der Waals surface area (Å²) in [7, 11) is 0. The molecule has 0 radical (unpaired) electrons. The molecule has 1 heterocycles. The first kappa shape index (κ1) is 15.6. The Morgan fingerprint density at radius 3 is 2.86 bits per heavy atom. The van der Waals surface area contributed by atoms with Gasteiger partial charge in [-0.25, -0.2) is 4.79 Å². The first-order chi connectivity index (χ1) is 10.0. The number of aliphatic hydroxyl groups is 1. The molecule has 0 saturated heterocycles. The van der Waals surface area contributed by atoms with Gasteiger partial charge in [0.2, 0.25) is 0 Å². The number of nitrogens with zero attached hydrogens (tertiary/aromatic N) is 1. The summed E-state index contributed by atoms with van der Waals surface area (Å²) in [5.41, 5.74) is 1.77. The van der Waals surface area contributed by atoms with Crippen LogP contribution in [0.5, 0.6) is 5.75 Å². The van der Waals surface area contributed by atoms with Crippen molar-refractivity contribution in [2.75, 3.05) is 13.2 Å². The molecule has 1 unspecified atom stereocenters. The smallest absolute Gasteiger partial charge is 0.318 e. The summed E-state index contributed by atoms with van der Waals surface area (Å²) in [5.74, 6) is 1.19. The number of ether oxygens (including phenoxy) is 1. The van der Waals surface area contributed by atoms with Crippen molar-refractivity contribution in [2.24, 2.45) is 5.92 Å². The summed E-state index contributed by atoms with van der Waals surface area (Å²) in [5, 5.41) is 12.2. The lowest BCUT2D eigenvalue weighted by Gasteiger charge is -2.25. The molecule has 0 aliphatic carbocycles. The van der Waals surface area contributed by atoms with Crippen LogP contribution in [-0.2, 0) is 13.2 Å². The average molecular weight is 292 g/mol. The molecular weight excluding hydrogens is 268 g/mol. The van der Waals surface area contributed by atoms with Crippen LogP contribution >= 0.6 is 0 Å². The summed E-state index contributed by atoms with van der Waals surface area (Å²) < 4.78 is 5.68. The van der Waals surface area contributed by atoms with Crippen LogP contribution in [0.1, 0.15) is 31.9 Å². The number of fused-ring (bicyclic) bond motifs is 1. The number of aliphatic hydroxyl groups excluding tert-OH is 1. The molecule has 2 rings (SSSR count). The minimum Gasteiger partial charge on any atom is -0.491 e. The van der Waals surface area contributed by atoms with Gasteiger partial charge < -0.3 is 20.1 Å². The van der Waals surface area contributed by atoms with Gasteiger partial charge in [0.05, 0.1) is 19.7 Å². The molecule has 1 atom stereocenters. The number of benzene rings is 1. The van der Waals surface area contributed by atoms with Gasteiger partial charge in [-0.2, -0.15) is 0 Å². The Morgan fingerprint density at radius 1 is 1.43 bits per heavy atom. The first-order valence-electron chi connectivity index (χ1n) is 7.42. The zero-order chi connectivity index (χ0) is 15.4. The normalized spacial score (nSPS) is 16.0. The minimum atomic E-state index is -0.0675. The largest absolute Gasteiger partial charge is 0.491 e. The molecule has 0 spiro atoms. The second-order valence-electron chi connectivity index (χ2n) is 5.85. The third-order valence-electron chi connectivity index (χ3n) is 3.93. The average Bonchev–Trinajstić information content (AvgIpc) is 2.68. The van der Waals surface area contributed by atoms with E-state index in [0.29, 0.717) is 25.6 Å². The van der Waals surface area contributed by atoms with Crippen molar-refractivity contribution in [1.29, 1.82) is 0 Å². The van der Waals surface area contributed by atoms with Crippen LogP contribution in [0.25, 0.3) is 0 Å². The third-order valence-corrected chi connectivity index (χ3v) is 3.93. The quantitative estimate of drug-likeness (QED) is 0.897. The molecule has 2 amide bonds. The highest BCUT2D eigenvalue weighted by Crippen LogP contribution is 2.24. The fourth-order valence-corrected chi connectivity index (χ4v) is 2.17. The molecule has 0 aromatic heterocycles.